The van der Waals surface area contributed by atoms with Crippen LogP contribution in [0, 0.1) is 0 Å². The zero-order valence-corrected chi connectivity index (χ0v) is 11.9. The number of benzene rings is 1. The lowest BCUT2D eigenvalue weighted by Gasteiger charge is -2.22. The van der Waals surface area contributed by atoms with Gasteiger partial charge in [0.05, 0.1) is 5.60 Å². The fourth-order valence-corrected chi connectivity index (χ4v) is 2.98. The topological polar surface area (TPSA) is 49.5 Å². The number of nitrogens with two attached hydrogens (primary N) is 1. The molecule has 0 radical (unpaired) electrons. The maximum atomic E-state index is 9.96. The monoisotopic (exact) mass is 298 g/mol. The normalized spacial score (nSPS) is 26.3. The summed E-state index contributed by atoms with van der Waals surface area (Å²) >= 11 is 3.55. The average molecular weight is 299 g/mol. The predicted octanol–water partition coefficient (Wildman–Crippen LogP) is 2.43. The van der Waals surface area contributed by atoms with Gasteiger partial charge in [-0.1, -0.05) is 22.0 Å². The zero-order valence-electron chi connectivity index (χ0n) is 10.3. The van der Waals surface area contributed by atoms with E-state index in [1.165, 1.54) is 0 Å². The van der Waals surface area contributed by atoms with Gasteiger partial charge in [0, 0.05) is 29.3 Å². The molecule has 4 heteroatoms. The van der Waals surface area contributed by atoms with E-state index in [0.717, 1.165) is 28.7 Å². The van der Waals surface area contributed by atoms with Crippen LogP contribution in [0.15, 0.2) is 22.7 Å². The number of aliphatic hydroxyl groups is 1. The summed E-state index contributed by atoms with van der Waals surface area (Å²) in [7, 11) is 0. The van der Waals surface area contributed by atoms with Gasteiger partial charge in [-0.3, -0.25) is 0 Å². The molecular formula is C13H19BrN2O. The molecule has 0 spiro atoms. The predicted molar refractivity (Wildman–Crippen MR) is 74.2 cm³/mol. The first-order valence-corrected chi connectivity index (χ1v) is 6.71. The minimum Gasteiger partial charge on any atom is -0.388 e. The Bertz CT molecular complexity index is 418. The van der Waals surface area contributed by atoms with Crippen molar-refractivity contribution in [2.24, 2.45) is 5.73 Å². The van der Waals surface area contributed by atoms with E-state index in [0.29, 0.717) is 6.54 Å². The summed E-state index contributed by atoms with van der Waals surface area (Å²) in [5.74, 6) is 0. The highest BCUT2D eigenvalue weighted by Gasteiger charge is 2.31. The number of halogens is 1. The van der Waals surface area contributed by atoms with Crippen LogP contribution in [-0.2, 0) is 0 Å². The highest BCUT2D eigenvalue weighted by Crippen LogP contribution is 2.31. The second kappa shape index (κ2) is 4.59. The quantitative estimate of drug-likeness (QED) is 0.882. The van der Waals surface area contributed by atoms with E-state index in [4.69, 9.17) is 5.73 Å². The van der Waals surface area contributed by atoms with Crippen LogP contribution in [0.4, 0.5) is 5.69 Å². The SMILES string of the molecule is CC(N)c1ccc(N2CCC(C)(O)C2)cc1Br. The molecule has 0 aromatic heterocycles. The smallest absolute Gasteiger partial charge is 0.0810 e. The van der Waals surface area contributed by atoms with Gasteiger partial charge in [0.1, 0.15) is 0 Å². The van der Waals surface area contributed by atoms with Crippen molar-refractivity contribution < 1.29 is 5.11 Å². The molecule has 94 valence electrons. The lowest BCUT2D eigenvalue weighted by Crippen LogP contribution is -2.29. The molecule has 2 atom stereocenters. The minimum absolute atomic E-state index is 0.0279. The van der Waals surface area contributed by atoms with E-state index in [1.807, 2.05) is 13.8 Å². The molecule has 0 aliphatic carbocycles. The second-order valence-electron chi connectivity index (χ2n) is 5.16. The van der Waals surface area contributed by atoms with Gasteiger partial charge in [-0.15, -0.1) is 0 Å². The lowest BCUT2D eigenvalue weighted by molar-refractivity contribution is 0.0839. The molecule has 1 saturated heterocycles. The van der Waals surface area contributed by atoms with Crippen LogP contribution in [0.2, 0.25) is 0 Å². The minimum atomic E-state index is -0.563. The molecule has 1 heterocycles. The molecule has 2 unspecified atom stereocenters. The van der Waals surface area contributed by atoms with Gasteiger partial charge < -0.3 is 15.7 Å². The Hall–Kier alpha value is -0.580. The van der Waals surface area contributed by atoms with Gasteiger partial charge in [-0.2, -0.15) is 0 Å². The zero-order chi connectivity index (χ0) is 12.6. The van der Waals surface area contributed by atoms with Crippen molar-refractivity contribution in [3.05, 3.63) is 28.2 Å². The molecule has 0 amide bonds. The highest BCUT2D eigenvalue weighted by molar-refractivity contribution is 9.10. The standard InChI is InChI=1S/C13H19BrN2O/c1-9(15)11-4-3-10(7-12(11)14)16-6-5-13(2,17)8-16/h3-4,7,9,17H,5-6,8,15H2,1-2H3. The van der Waals surface area contributed by atoms with Crippen molar-refractivity contribution in [1.82, 2.24) is 0 Å². The van der Waals surface area contributed by atoms with Gasteiger partial charge in [-0.05, 0) is 38.0 Å². The molecule has 1 fully saturated rings. The second-order valence-corrected chi connectivity index (χ2v) is 6.02. The Morgan fingerprint density at radius 2 is 2.24 bits per heavy atom. The third kappa shape index (κ3) is 2.81. The van der Waals surface area contributed by atoms with Crippen LogP contribution in [0.1, 0.15) is 31.9 Å². The number of rotatable bonds is 2. The maximum Gasteiger partial charge on any atom is 0.0810 e. The van der Waals surface area contributed by atoms with Crippen LogP contribution < -0.4 is 10.6 Å². The Kier molecular flexibility index (Phi) is 3.48. The molecule has 17 heavy (non-hydrogen) atoms. The fourth-order valence-electron chi connectivity index (χ4n) is 2.25. The third-order valence-corrected chi connectivity index (χ3v) is 3.98. The van der Waals surface area contributed by atoms with E-state index >= 15 is 0 Å². The summed E-state index contributed by atoms with van der Waals surface area (Å²) in [5, 5.41) is 9.96. The van der Waals surface area contributed by atoms with Crippen LogP contribution in [0.3, 0.4) is 0 Å². The molecule has 3 N–H and O–H groups in total. The first kappa shape index (κ1) is 12.9. The Balaban J connectivity index is 2.21. The Morgan fingerprint density at radius 1 is 1.53 bits per heavy atom. The summed E-state index contributed by atoms with van der Waals surface area (Å²) in [4.78, 5) is 2.20. The van der Waals surface area contributed by atoms with Crippen molar-refractivity contribution in [2.75, 3.05) is 18.0 Å². The largest absolute Gasteiger partial charge is 0.388 e. The van der Waals surface area contributed by atoms with Crippen molar-refractivity contribution >= 4 is 21.6 Å². The van der Waals surface area contributed by atoms with Gasteiger partial charge >= 0.3 is 0 Å². The number of β-amino-alcohol motifs (C(OH)–C–C–N with tert-alkyl or cyclic N) is 1. The highest BCUT2D eigenvalue weighted by atomic mass is 79.9. The molecule has 1 aliphatic heterocycles. The van der Waals surface area contributed by atoms with Crippen molar-refractivity contribution in [3.8, 4) is 0 Å². The van der Waals surface area contributed by atoms with E-state index < -0.39 is 5.60 Å². The summed E-state index contributed by atoms with van der Waals surface area (Å²) in [6, 6.07) is 6.24. The van der Waals surface area contributed by atoms with Crippen LogP contribution in [0.5, 0.6) is 0 Å². The molecular weight excluding hydrogens is 280 g/mol. The van der Waals surface area contributed by atoms with E-state index in [2.05, 4.69) is 39.0 Å². The van der Waals surface area contributed by atoms with Gasteiger partial charge in [0.2, 0.25) is 0 Å². The fraction of sp³-hybridized carbons (Fsp3) is 0.538. The number of anilines is 1. The van der Waals surface area contributed by atoms with Crippen LogP contribution in [0.25, 0.3) is 0 Å². The first-order valence-electron chi connectivity index (χ1n) is 5.91. The Labute approximate surface area is 111 Å². The molecule has 0 saturated carbocycles. The van der Waals surface area contributed by atoms with Crippen molar-refractivity contribution in [3.63, 3.8) is 0 Å². The lowest BCUT2D eigenvalue weighted by atomic mass is 10.1. The number of hydrogen-bond acceptors (Lipinski definition) is 3. The molecule has 0 bridgehead atoms. The summed E-state index contributed by atoms with van der Waals surface area (Å²) < 4.78 is 1.04. The van der Waals surface area contributed by atoms with Gasteiger partial charge in [-0.25, -0.2) is 0 Å². The first-order chi connectivity index (χ1) is 7.89. The third-order valence-electron chi connectivity index (χ3n) is 3.29. The van der Waals surface area contributed by atoms with E-state index in [-0.39, 0.29) is 6.04 Å². The molecule has 1 aliphatic rings. The maximum absolute atomic E-state index is 9.96. The summed E-state index contributed by atoms with van der Waals surface area (Å²) in [5.41, 5.74) is 7.56. The molecule has 1 aromatic carbocycles. The molecule has 1 aromatic rings. The van der Waals surface area contributed by atoms with Gasteiger partial charge in [0.25, 0.3) is 0 Å². The number of hydrogen-bond donors (Lipinski definition) is 2. The molecule has 3 nitrogen and oxygen atoms in total. The summed E-state index contributed by atoms with van der Waals surface area (Å²) in [6.45, 7) is 5.45. The Morgan fingerprint density at radius 3 is 2.71 bits per heavy atom. The van der Waals surface area contributed by atoms with Crippen molar-refractivity contribution in [2.45, 2.75) is 31.9 Å². The average Bonchev–Trinajstić information content (AvgIpc) is 2.58. The van der Waals surface area contributed by atoms with Gasteiger partial charge in [0.15, 0.2) is 0 Å². The van der Waals surface area contributed by atoms with Crippen LogP contribution in [-0.4, -0.2) is 23.8 Å². The van der Waals surface area contributed by atoms with E-state index in [9.17, 15) is 5.11 Å². The molecule has 2 rings (SSSR count). The van der Waals surface area contributed by atoms with E-state index in [1.54, 1.807) is 0 Å². The summed E-state index contributed by atoms with van der Waals surface area (Å²) in [6.07, 6.45) is 0.819. The number of nitrogens with zero attached hydrogens (tertiary/aromatic N) is 1. The van der Waals surface area contributed by atoms with Crippen LogP contribution >= 0.6 is 15.9 Å². The van der Waals surface area contributed by atoms with Crippen molar-refractivity contribution in [1.29, 1.82) is 0 Å².